The van der Waals surface area contributed by atoms with Crippen molar-refractivity contribution in [3.05, 3.63) is 95.6 Å². The minimum absolute atomic E-state index is 0.0264. The number of nitrogens with zero attached hydrogens (tertiary/aromatic N) is 2. The number of piperazine rings is 1. The molecule has 3 aromatic rings. The van der Waals surface area contributed by atoms with Gasteiger partial charge in [0.15, 0.2) is 6.10 Å². The van der Waals surface area contributed by atoms with Crippen LogP contribution in [0.2, 0.25) is 0 Å². The van der Waals surface area contributed by atoms with Crippen LogP contribution in [0.25, 0.3) is 0 Å². The number of carbonyl (C=O) groups excluding carboxylic acids is 1. The van der Waals surface area contributed by atoms with E-state index in [4.69, 9.17) is 14.2 Å². The standard InChI is InChI=1S/C30H36N2O4/c1-23-12-14-25(15-13-23)22-35-29(26-8-7-11-28(20-26)34-3)21-31-16-18-32(19-17-31)30(33)24(2)36-27-9-5-4-6-10-27/h4-15,20,24,29H,16-19,21-22H2,1-3H3/t24-,29+/m0/s1. The number of ether oxygens (including phenoxy) is 3. The third-order valence-electron chi connectivity index (χ3n) is 6.55. The number of rotatable bonds is 10. The predicted molar refractivity (Wildman–Crippen MR) is 141 cm³/mol. The molecule has 0 spiro atoms. The Balaban J connectivity index is 1.35. The Hall–Kier alpha value is -3.35. The van der Waals surface area contributed by atoms with E-state index in [1.54, 1.807) is 7.11 Å². The first-order chi connectivity index (χ1) is 17.5. The summed E-state index contributed by atoms with van der Waals surface area (Å²) in [4.78, 5) is 17.2. The SMILES string of the molecule is COc1cccc([C@@H](CN2CCN(C(=O)[C@H](C)Oc3ccccc3)CC2)OCc2ccc(C)cc2)c1. The Kier molecular flexibility index (Phi) is 8.98. The van der Waals surface area contributed by atoms with Gasteiger partial charge in [0, 0.05) is 32.7 Å². The predicted octanol–water partition coefficient (Wildman–Crippen LogP) is 4.87. The zero-order valence-corrected chi connectivity index (χ0v) is 21.4. The maximum absolute atomic E-state index is 13.0. The lowest BCUT2D eigenvalue weighted by Crippen LogP contribution is -2.52. The zero-order chi connectivity index (χ0) is 25.3. The lowest BCUT2D eigenvalue weighted by molar-refractivity contribution is -0.140. The molecule has 1 aliphatic rings. The van der Waals surface area contributed by atoms with E-state index in [1.165, 1.54) is 5.56 Å². The van der Waals surface area contributed by atoms with Crippen molar-refractivity contribution in [1.29, 1.82) is 0 Å². The molecule has 1 fully saturated rings. The van der Waals surface area contributed by atoms with Crippen LogP contribution in [0.5, 0.6) is 11.5 Å². The molecule has 0 aromatic heterocycles. The highest BCUT2D eigenvalue weighted by molar-refractivity contribution is 5.81. The highest BCUT2D eigenvalue weighted by Crippen LogP contribution is 2.25. The summed E-state index contributed by atoms with van der Waals surface area (Å²) in [6, 6.07) is 26.0. The number of aryl methyl sites for hydroxylation is 1. The molecule has 6 nitrogen and oxygen atoms in total. The van der Waals surface area contributed by atoms with Gasteiger partial charge in [-0.3, -0.25) is 9.69 Å². The summed E-state index contributed by atoms with van der Waals surface area (Å²) in [6.45, 7) is 8.11. The molecule has 3 aromatic carbocycles. The van der Waals surface area contributed by atoms with Gasteiger partial charge in [-0.15, -0.1) is 0 Å². The highest BCUT2D eigenvalue weighted by Gasteiger charge is 2.27. The van der Waals surface area contributed by atoms with Gasteiger partial charge in [0.05, 0.1) is 19.8 Å². The van der Waals surface area contributed by atoms with Crippen molar-refractivity contribution in [3.63, 3.8) is 0 Å². The van der Waals surface area contributed by atoms with Gasteiger partial charge in [0.1, 0.15) is 11.5 Å². The van der Waals surface area contributed by atoms with Gasteiger partial charge in [-0.25, -0.2) is 0 Å². The van der Waals surface area contributed by atoms with Crippen LogP contribution in [0.1, 0.15) is 29.7 Å². The number of amides is 1. The quantitative estimate of drug-likeness (QED) is 0.407. The summed E-state index contributed by atoms with van der Waals surface area (Å²) in [5, 5.41) is 0. The molecule has 4 rings (SSSR count). The number of carbonyl (C=O) groups is 1. The minimum atomic E-state index is -0.513. The van der Waals surface area contributed by atoms with Crippen molar-refractivity contribution in [2.24, 2.45) is 0 Å². The van der Waals surface area contributed by atoms with Crippen molar-refractivity contribution in [2.75, 3.05) is 39.8 Å². The third-order valence-corrected chi connectivity index (χ3v) is 6.55. The topological polar surface area (TPSA) is 51.2 Å². The zero-order valence-electron chi connectivity index (χ0n) is 21.4. The van der Waals surface area contributed by atoms with E-state index in [0.29, 0.717) is 25.4 Å². The molecule has 1 aliphatic heterocycles. The Morgan fingerprint density at radius 3 is 2.28 bits per heavy atom. The molecule has 0 N–H and O–H groups in total. The number of hydrogen-bond donors (Lipinski definition) is 0. The first kappa shape index (κ1) is 25.7. The van der Waals surface area contributed by atoms with Crippen LogP contribution in [0.4, 0.5) is 0 Å². The Morgan fingerprint density at radius 2 is 1.58 bits per heavy atom. The van der Waals surface area contributed by atoms with Crippen molar-refractivity contribution in [2.45, 2.75) is 32.7 Å². The van der Waals surface area contributed by atoms with Gasteiger partial charge in [-0.1, -0.05) is 60.2 Å². The summed E-state index contributed by atoms with van der Waals surface area (Å²) >= 11 is 0. The van der Waals surface area contributed by atoms with Gasteiger partial charge >= 0.3 is 0 Å². The van der Waals surface area contributed by atoms with Crippen LogP contribution in [-0.2, 0) is 16.1 Å². The summed E-state index contributed by atoms with van der Waals surface area (Å²) in [5.41, 5.74) is 3.47. The largest absolute Gasteiger partial charge is 0.497 e. The Bertz CT molecular complexity index is 1100. The fourth-order valence-corrected chi connectivity index (χ4v) is 4.37. The van der Waals surface area contributed by atoms with Crippen LogP contribution in [0.3, 0.4) is 0 Å². The summed E-state index contributed by atoms with van der Waals surface area (Å²) < 4.78 is 17.7. The average Bonchev–Trinajstić information content (AvgIpc) is 2.92. The number of benzene rings is 3. The molecule has 0 unspecified atom stereocenters. The van der Waals surface area contributed by atoms with Crippen LogP contribution < -0.4 is 9.47 Å². The third kappa shape index (κ3) is 7.09. The molecule has 2 atom stereocenters. The van der Waals surface area contributed by atoms with E-state index >= 15 is 0 Å². The molecular formula is C30H36N2O4. The maximum Gasteiger partial charge on any atom is 0.263 e. The van der Waals surface area contributed by atoms with E-state index in [9.17, 15) is 4.79 Å². The fourth-order valence-electron chi connectivity index (χ4n) is 4.37. The second-order valence-corrected chi connectivity index (χ2v) is 9.26. The molecule has 1 amide bonds. The highest BCUT2D eigenvalue weighted by atomic mass is 16.5. The first-order valence-corrected chi connectivity index (χ1v) is 12.6. The molecule has 0 bridgehead atoms. The minimum Gasteiger partial charge on any atom is -0.497 e. The Labute approximate surface area is 214 Å². The molecule has 0 saturated carbocycles. The van der Waals surface area contributed by atoms with Gasteiger partial charge < -0.3 is 19.1 Å². The molecule has 1 saturated heterocycles. The molecule has 1 heterocycles. The molecule has 6 heteroatoms. The van der Waals surface area contributed by atoms with E-state index in [1.807, 2.05) is 60.4 Å². The van der Waals surface area contributed by atoms with Crippen LogP contribution in [0.15, 0.2) is 78.9 Å². The van der Waals surface area contributed by atoms with Crippen LogP contribution in [0, 0.1) is 6.92 Å². The van der Waals surface area contributed by atoms with Crippen LogP contribution >= 0.6 is 0 Å². The van der Waals surface area contributed by atoms with Gasteiger partial charge in [0.2, 0.25) is 0 Å². The first-order valence-electron chi connectivity index (χ1n) is 12.6. The maximum atomic E-state index is 13.0. The molecule has 0 aliphatic carbocycles. The Morgan fingerprint density at radius 1 is 0.889 bits per heavy atom. The molecule has 36 heavy (non-hydrogen) atoms. The van der Waals surface area contributed by atoms with E-state index in [2.05, 4.69) is 42.2 Å². The lowest BCUT2D eigenvalue weighted by Gasteiger charge is -2.37. The molecule has 0 radical (unpaired) electrons. The van der Waals surface area contributed by atoms with Gasteiger partial charge in [0.25, 0.3) is 5.91 Å². The van der Waals surface area contributed by atoms with E-state index in [0.717, 1.165) is 36.5 Å². The van der Waals surface area contributed by atoms with Crippen molar-refractivity contribution >= 4 is 5.91 Å². The van der Waals surface area contributed by atoms with Crippen LogP contribution in [-0.4, -0.2) is 61.6 Å². The number of methoxy groups -OCH3 is 1. The molecule has 190 valence electrons. The van der Waals surface area contributed by atoms with Crippen molar-refractivity contribution in [3.8, 4) is 11.5 Å². The monoisotopic (exact) mass is 488 g/mol. The van der Waals surface area contributed by atoms with Crippen molar-refractivity contribution in [1.82, 2.24) is 9.80 Å². The number of para-hydroxylation sites is 1. The lowest BCUT2D eigenvalue weighted by atomic mass is 10.1. The second kappa shape index (κ2) is 12.6. The summed E-state index contributed by atoms with van der Waals surface area (Å²) in [7, 11) is 1.68. The number of hydrogen-bond acceptors (Lipinski definition) is 5. The normalized spacial score (nSPS) is 15.8. The average molecular weight is 489 g/mol. The summed E-state index contributed by atoms with van der Waals surface area (Å²) in [5.74, 6) is 1.56. The molecular weight excluding hydrogens is 452 g/mol. The van der Waals surface area contributed by atoms with Crippen molar-refractivity contribution < 1.29 is 19.0 Å². The van der Waals surface area contributed by atoms with Gasteiger partial charge in [-0.2, -0.15) is 0 Å². The smallest absolute Gasteiger partial charge is 0.263 e. The second-order valence-electron chi connectivity index (χ2n) is 9.26. The van der Waals surface area contributed by atoms with E-state index < -0.39 is 6.10 Å². The van der Waals surface area contributed by atoms with Gasteiger partial charge in [-0.05, 0) is 49.2 Å². The summed E-state index contributed by atoms with van der Waals surface area (Å²) in [6.07, 6.45) is -0.620. The van der Waals surface area contributed by atoms with E-state index in [-0.39, 0.29) is 12.0 Å². The fraction of sp³-hybridized carbons (Fsp3) is 0.367.